The number of aliphatic hydroxyl groups is 3. The zero-order chi connectivity index (χ0) is 41.0. The van der Waals surface area contributed by atoms with Crippen molar-refractivity contribution < 1.29 is 39.4 Å². The summed E-state index contributed by atoms with van der Waals surface area (Å²) in [6.45, 7) is 4.29. The van der Waals surface area contributed by atoms with E-state index in [0.717, 1.165) is 58.8 Å². The van der Waals surface area contributed by atoms with Crippen molar-refractivity contribution in [1.82, 2.24) is 0 Å². The maximum Gasteiger partial charge on any atom is 0.161 e. The molecule has 9 nitrogen and oxygen atoms in total. The standard InChI is InChI=1S/C49H57NO8/c1-4-35-27-47(55)44-13-8-20-57-43(24-37-23-41(53)18-16-36(37)11-6-5-9-33-10-7-12-40(21-33)50-29-32(2)52)28-42(54)17-14-34-15-19-48(56-3)49(22-34)58-31-39-26-45(35)46(44)25-38(39)30-51/h7,10,12,15-16,18-19,21-23,25-27,32,36-37,43,50-53,55H,4-6,9,11,13-14,17,24,28-31H2,1-3H3/t32-,36+,37-,43-/m0/s1. The van der Waals surface area contributed by atoms with Crippen molar-refractivity contribution in [3.63, 3.8) is 0 Å². The van der Waals surface area contributed by atoms with E-state index < -0.39 is 12.2 Å². The van der Waals surface area contributed by atoms with Crippen molar-refractivity contribution in [3.05, 3.63) is 118 Å². The first-order valence-electron chi connectivity index (χ1n) is 20.6. The van der Waals surface area contributed by atoms with Gasteiger partial charge < -0.3 is 40.0 Å². The number of phenolic OH excluding ortho intramolecular Hbond substituents is 1. The van der Waals surface area contributed by atoms with Gasteiger partial charge in [-0.1, -0.05) is 43.5 Å². The van der Waals surface area contributed by atoms with Crippen molar-refractivity contribution in [2.45, 2.75) is 103 Å². The number of carbonyl (C=O) groups is 1. The summed E-state index contributed by atoms with van der Waals surface area (Å²) in [6, 6.07) is 19.7. The molecular formula is C49H57NO8. The fourth-order valence-electron chi connectivity index (χ4n) is 8.07. The minimum Gasteiger partial charge on any atom is -0.508 e. The van der Waals surface area contributed by atoms with Gasteiger partial charge >= 0.3 is 0 Å². The van der Waals surface area contributed by atoms with Crippen LogP contribution in [0, 0.1) is 23.9 Å². The number of nitrogens with one attached hydrogen (secondary N) is 1. The fourth-order valence-corrected chi connectivity index (χ4v) is 8.07. The van der Waals surface area contributed by atoms with Crippen molar-refractivity contribution >= 4 is 22.2 Å². The molecule has 0 radical (unpaired) electrons. The molecule has 5 N–H and O–H groups in total. The van der Waals surface area contributed by atoms with Crippen LogP contribution in [0.3, 0.4) is 0 Å². The van der Waals surface area contributed by atoms with Crippen LogP contribution in [0.2, 0.25) is 0 Å². The number of ether oxygens (including phenoxy) is 3. The molecule has 58 heavy (non-hydrogen) atoms. The van der Waals surface area contributed by atoms with Gasteiger partial charge in [0.1, 0.15) is 36.1 Å². The van der Waals surface area contributed by atoms with Gasteiger partial charge in [-0.25, -0.2) is 0 Å². The molecule has 0 aromatic heterocycles. The molecule has 7 rings (SSSR count). The number of phenols is 1. The lowest BCUT2D eigenvalue weighted by molar-refractivity contribution is -0.121. The Hall–Kier alpha value is -5.43. The summed E-state index contributed by atoms with van der Waals surface area (Å²) in [4.78, 5) is 13.6. The number of methoxy groups -OCH3 is 1. The Balaban J connectivity index is 1.23. The second-order valence-electron chi connectivity index (χ2n) is 15.6. The van der Waals surface area contributed by atoms with Crippen LogP contribution in [0.1, 0.15) is 85.8 Å². The van der Waals surface area contributed by atoms with Gasteiger partial charge in [0.2, 0.25) is 0 Å². The van der Waals surface area contributed by atoms with Gasteiger partial charge in [0.15, 0.2) is 11.5 Å². The van der Waals surface area contributed by atoms with Crippen LogP contribution in [0.5, 0.6) is 17.2 Å². The largest absolute Gasteiger partial charge is 0.508 e. The van der Waals surface area contributed by atoms with Gasteiger partial charge in [0.25, 0.3) is 0 Å². The number of allylic oxidation sites excluding steroid dienone is 3. The number of hydrogen-bond donors (Lipinski definition) is 5. The maximum atomic E-state index is 13.6. The molecular weight excluding hydrogens is 731 g/mol. The monoisotopic (exact) mass is 787 g/mol. The molecule has 0 spiro atoms. The lowest BCUT2D eigenvalue weighted by Gasteiger charge is -2.28. The molecule has 0 amide bonds. The highest BCUT2D eigenvalue weighted by atomic mass is 16.5. The Morgan fingerprint density at radius 3 is 2.66 bits per heavy atom. The Morgan fingerprint density at radius 1 is 1.00 bits per heavy atom. The molecule has 2 heterocycles. The van der Waals surface area contributed by atoms with E-state index in [-0.39, 0.29) is 55.2 Å². The first-order chi connectivity index (χ1) is 28.1. The number of Topliss-reactive ketones (excluding diaryl/α,β-unsaturated/α-hetero) is 1. The SMILES string of the molecule is CCc1cc(O)c2c3cc(CO)c(cc13)COc1cc(ccc1OC)CCC(=O)C[C@H](C[C@@H]1C=C(O)C=C[C@H]1CCCCc1cccc(NC[C@H](C)O)c1)OC#CC2. The van der Waals surface area contributed by atoms with Gasteiger partial charge in [-0.05, 0) is 150 Å². The van der Waals surface area contributed by atoms with Crippen LogP contribution in [-0.2, 0) is 48.4 Å². The van der Waals surface area contributed by atoms with Gasteiger partial charge in [-0.2, -0.15) is 0 Å². The van der Waals surface area contributed by atoms with Gasteiger partial charge in [0.05, 0.1) is 19.8 Å². The summed E-state index contributed by atoms with van der Waals surface area (Å²) < 4.78 is 18.2. The molecule has 0 fully saturated rings. The van der Waals surface area contributed by atoms with Crippen molar-refractivity contribution in [2.24, 2.45) is 11.8 Å². The number of carbonyl (C=O) groups excluding carboxylic acids is 1. The van der Waals surface area contributed by atoms with Crippen LogP contribution >= 0.6 is 0 Å². The highest BCUT2D eigenvalue weighted by Gasteiger charge is 2.27. The molecule has 9 heteroatoms. The lowest BCUT2D eigenvalue weighted by atomic mass is 9.80. The first kappa shape index (κ1) is 42.2. The molecule has 306 valence electrons. The number of hydrogen-bond acceptors (Lipinski definition) is 9. The second-order valence-corrected chi connectivity index (χ2v) is 15.6. The first-order valence-corrected chi connectivity index (χ1v) is 20.6. The van der Waals surface area contributed by atoms with Crippen molar-refractivity contribution in [1.29, 1.82) is 0 Å². The minimum absolute atomic E-state index is 0.0453. The fraction of sp³-hybridized carbons (Fsp3) is 0.408. The Labute approximate surface area is 342 Å². The van der Waals surface area contributed by atoms with E-state index in [1.165, 1.54) is 5.56 Å². The van der Waals surface area contributed by atoms with Crippen molar-refractivity contribution in [2.75, 3.05) is 19.0 Å². The zero-order valence-corrected chi connectivity index (χ0v) is 33.9. The normalized spacial score (nSPS) is 18.9. The summed E-state index contributed by atoms with van der Waals surface area (Å²) in [7, 11) is 1.59. The summed E-state index contributed by atoms with van der Waals surface area (Å²) in [5.41, 5.74) is 6.29. The molecule has 4 atom stereocenters. The third kappa shape index (κ3) is 11.1. The summed E-state index contributed by atoms with van der Waals surface area (Å²) in [5, 5.41) is 46.9. The van der Waals surface area contributed by atoms with E-state index in [4.69, 9.17) is 14.2 Å². The molecule has 0 saturated heterocycles. The number of unbranched alkanes of at least 4 members (excludes halogenated alkanes) is 1. The average molecular weight is 788 g/mol. The molecule has 0 saturated carbocycles. The van der Waals surface area contributed by atoms with E-state index in [1.807, 2.05) is 55.5 Å². The minimum atomic E-state index is -0.520. The molecule has 2 aliphatic heterocycles. The number of ketones is 1. The molecule has 4 aromatic rings. The van der Waals surface area contributed by atoms with E-state index in [9.17, 15) is 25.2 Å². The van der Waals surface area contributed by atoms with E-state index in [2.05, 4.69) is 35.6 Å². The maximum absolute atomic E-state index is 13.6. The zero-order valence-electron chi connectivity index (χ0n) is 33.9. The van der Waals surface area contributed by atoms with Crippen LogP contribution in [0.4, 0.5) is 5.69 Å². The molecule has 0 unspecified atom stereocenters. The van der Waals surface area contributed by atoms with Gasteiger partial charge in [0, 0.05) is 37.1 Å². The summed E-state index contributed by atoms with van der Waals surface area (Å²) in [5.74, 6) is 4.72. The number of aromatic hydroxyl groups is 1. The van der Waals surface area contributed by atoms with Crippen LogP contribution in [0.25, 0.3) is 10.8 Å². The summed E-state index contributed by atoms with van der Waals surface area (Å²) >= 11 is 0. The van der Waals surface area contributed by atoms with Gasteiger partial charge in [-0.3, -0.25) is 4.79 Å². The van der Waals surface area contributed by atoms with Crippen LogP contribution in [-0.4, -0.2) is 52.1 Å². The predicted molar refractivity (Wildman–Crippen MR) is 228 cm³/mol. The highest BCUT2D eigenvalue weighted by Crippen LogP contribution is 2.36. The number of fused-ring (bicyclic) bond motifs is 9. The third-order valence-corrected chi connectivity index (χ3v) is 11.3. The summed E-state index contributed by atoms with van der Waals surface area (Å²) in [6.07, 6.45) is 13.8. The molecule has 3 aliphatic rings. The van der Waals surface area contributed by atoms with Crippen LogP contribution in [0.15, 0.2) is 84.7 Å². The molecule has 4 aromatic carbocycles. The number of rotatable bonds is 13. The predicted octanol–water partition coefficient (Wildman–Crippen LogP) is 8.82. The van der Waals surface area contributed by atoms with Crippen LogP contribution < -0.4 is 14.8 Å². The quantitative estimate of drug-likeness (QED) is 0.0665. The second kappa shape index (κ2) is 20.3. The number of aliphatic hydroxyl groups excluding tert-OH is 3. The molecule has 6 bridgehead atoms. The Bertz CT molecular complexity index is 2180. The van der Waals surface area contributed by atoms with E-state index >= 15 is 0 Å². The van der Waals surface area contributed by atoms with Crippen molar-refractivity contribution in [3.8, 4) is 29.3 Å². The van der Waals surface area contributed by atoms with Gasteiger partial charge in [-0.15, -0.1) is 0 Å². The number of anilines is 1. The Morgan fingerprint density at radius 2 is 1.86 bits per heavy atom. The smallest absolute Gasteiger partial charge is 0.161 e. The number of aryl methyl sites for hydroxylation is 3. The van der Waals surface area contributed by atoms with E-state index in [1.54, 1.807) is 26.2 Å². The highest BCUT2D eigenvalue weighted by molar-refractivity contribution is 5.92. The van der Waals surface area contributed by atoms with E-state index in [0.29, 0.717) is 54.9 Å². The topological polar surface area (TPSA) is 138 Å². The number of benzene rings is 4. The Kier molecular flexibility index (Phi) is 14.8. The molecule has 1 aliphatic carbocycles. The third-order valence-electron chi connectivity index (χ3n) is 11.3. The average Bonchev–Trinajstić information content (AvgIpc) is 3.22. The lowest BCUT2D eigenvalue weighted by Crippen LogP contribution is -2.24.